The smallest absolute Gasteiger partial charge is 0.141 e. The third-order valence-corrected chi connectivity index (χ3v) is 6.83. The number of aliphatic hydroxyl groups excluding tert-OH is 1. The Bertz CT molecular complexity index is 748. The van der Waals surface area contributed by atoms with E-state index in [0.29, 0.717) is 6.61 Å². The van der Waals surface area contributed by atoms with Gasteiger partial charge in [0, 0.05) is 29.2 Å². The minimum absolute atomic E-state index is 0.178. The van der Waals surface area contributed by atoms with Crippen molar-refractivity contribution >= 4 is 32.7 Å². The van der Waals surface area contributed by atoms with Gasteiger partial charge in [0.25, 0.3) is 0 Å². The monoisotopic (exact) mass is 549 g/mol. The first-order chi connectivity index (χ1) is 14.3. The summed E-state index contributed by atoms with van der Waals surface area (Å²) < 4.78 is 35.5. The van der Waals surface area contributed by atoms with Gasteiger partial charge < -0.3 is 14.1 Å². The third kappa shape index (κ3) is 11.7. The number of rotatable bonds is 10. The predicted octanol–water partition coefficient (Wildman–Crippen LogP) is 4.62. The number of aryl methyl sites for hydroxylation is 1. The second-order valence-corrected chi connectivity index (χ2v) is 10.0. The zero-order valence-electron chi connectivity index (χ0n) is 18.1. The number of hydrogen-bond acceptors (Lipinski definition) is 4. The second-order valence-electron chi connectivity index (χ2n) is 8.11. The molecule has 30 heavy (non-hydrogen) atoms. The van der Waals surface area contributed by atoms with E-state index in [2.05, 4.69) is 32.4 Å². The fourth-order valence-corrected chi connectivity index (χ4v) is 4.45. The highest BCUT2D eigenvalue weighted by Crippen LogP contribution is 2.20. The van der Waals surface area contributed by atoms with Crippen molar-refractivity contribution in [3.63, 3.8) is 0 Å². The van der Waals surface area contributed by atoms with Crippen LogP contribution in [-0.4, -0.2) is 55.3 Å². The molecule has 0 spiro atoms. The SMILES string of the molecule is Cc1ccc(S(=O)(=O)[O-])cc1.OCCCCCCCC[N+]1(CC#CI)CCCCC1. The molecular weight excluding hydrogens is 513 g/mol. The second kappa shape index (κ2) is 15.2. The molecule has 1 aliphatic rings. The minimum atomic E-state index is -4.27. The predicted molar refractivity (Wildman–Crippen MR) is 129 cm³/mol. The van der Waals surface area contributed by atoms with Crippen molar-refractivity contribution < 1.29 is 22.6 Å². The number of halogens is 1. The largest absolute Gasteiger partial charge is 0.744 e. The van der Waals surface area contributed by atoms with Gasteiger partial charge in [-0.05, 0) is 67.4 Å². The lowest BCUT2D eigenvalue weighted by atomic mass is 10.1. The first kappa shape index (κ1) is 27.4. The van der Waals surface area contributed by atoms with E-state index < -0.39 is 10.1 Å². The van der Waals surface area contributed by atoms with Gasteiger partial charge in [-0.2, -0.15) is 0 Å². The molecule has 1 heterocycles. The van der Waals surface area contributed by atoms with E-state index in [1.807, 2.05) is 6.92 Å². The minimum Gasteiger partial charge on any atom is -0.744 e. The van der Waals surface area contributed by atoms with Crippen molar-refractivity contribution in [2.75, 3.05) is 32.8 Å². The number of quaternary nitrogens is 1. The molecule has 1 aromatic rings. The van der Waals surface area contributed by atoms with E-state index in [4.69, 9.17) is 5.11 Å². The molecule has 0 aromatic heterocycles. The van der Waals surface area contributed by atoms with E-state index in [1.54, 1.807) is 12.1 Å². The highest BCUT2D eigenvalue weighted by Gasteiger charge is 2.28. The molecule has 0 amide bonds. The van der Waals surface area contributed by atoms with Gasteiger partial charge in [0.2, 0.25) is 0 Å². The molecule has 0 aliphatic carbocycles. The van der Waals surface area contributed by atoms with Gasteiger partial charge in [-0.3, -0.25) is 0 Å². The van der Waals surface area contributed by atoms with E-state index in [-0.39, 0.29) is 4.90 Å². The zero-order chi connectivity index (χ0) is 22.3. The summed E-state index contributed by atoms with van der Waals surface area (Å²) in [5, 5.41) is 8.74. The molecule has 1 aromatic carbocycles. The highest BCUT2D eigenvalue weighted by molar-refractivity contribution is 14.1. The van der Waals surface area contributed by atoms with E-state index in [1.165, 1.54) is 87.6 Å². The summed E-state index contributed by atoms with van der Waals surface area (Å²) in [6, 6.07) is 5.78. The van der Waals surface area contributed by atoms with Crippen LogP contribution in [0.1, 0.15) is 63.4 Å². The van der Waals surface area contributed by atoms with Crippen LogP contribution in [0, 0.1) is 16.8 Å². The Labute approximate surface area is 196 Å². The molecule has 0 bridgehead atoms. The summed E-state index contributed by atoms with van der Waals surface area (Å²) in [6.45, 7) is 7.25. The molecular formula is C23H36INO4S. The summed E-state index contributed by atoms with van der Waals surface area (Å²) in [4.78, 5) is -0.178. The van der Waals surface area contributed by atoms with Crippen LogP contribution in [0.3, 0.4) is 0 Å². The molecule has 0 saturated carbocycles. The summed E-state index contributed by atoms with van der Waals surface area (Å²) in [5.74, 6) is 3.31. The normalized spacial score (nSPS) is 15.5. The van der Waals surface area contributed by atoms with Crippen molar-refractivity contribution in [1.82, 2.24) is 0 Å². The molecule has 1 saturated heterocycles. The summed E-state index contributed by atoms with van der Waals surface area (Å²) in [7, 11) is -4.27. The highest BCUT2D eigenvalue weighted by atomic mass is 127. The van der Waals surface area contributed by atoms with Crippen LogP contribution in [0.5, 0.6) is 0 Å². The van der Waals surface area contributed by atoms with Crippen molar-refractivity contribution in [3.05, 3.63) is 29.8 Å². The van der Waals surface area contributed by atoms with Crippen LogP contribution in [0.4, 0.5) is 0 Å². The lowest BCUT2D eigenvalue weighted by Crippen LogP contribution is -2.52. The van der Waals surface area contributed by atoms with Crippen molar-refractivity contribution in [2.24, 2.45) is 0 Å². The molecule has 170 valence electrons. The van der Waals surface area contributed by atoms with E-state index in [9.17, 15) is 13.0 Å². The van der Waals surface area contributed by atoms with E-state index in [0.717, 1.165) is 18.5 Å². The number of nitrogens with zero attached hydrogens (tertiary/aromatic N) is 1. The van der Waals surface area contributed by atoms with Crippen molar-refractivity contribution in [3.8, 4) is 9.85 Å². The molecule has 0 radical (unpaired) electrons. The summed E-state index contributed by atoms with van der Waals surface area (Å²) in [5.41, 5.74) is 0.928. The maximum absolute atomic E-state index is 10.4. The molecule has 0 unspecified atom stereocenters. The number of piperidine rings is 1. The molecule has 0 atom stereocenters. The lowest BCUT2D eigenvalue weighted by Gasteiger charge is -2.40. The molecule has 7 heteroatoms. The molecule has 5 nitrogen and oxygen atoms in total. The molecule has 1 N–H and O–H groups in total. The van der Waals surface area contributed by atoms with Gasteiger partial charge in [-0.1, -0.05) is 37.0 Å². The maximum atomic E-state index is 10.4. The third-order valence-electron chi connectivity index (χ3n) is 5.60. The van der Waals surface area contributed by atoms with Crippen LogP contribution < -0.4 is 0 Å². The van der Waals surface area contributed by atoms with Gasteiger partial charge in [-0.25, -0.2) is 8.42 Å². The summed E-state index contributed by atoms with van der Waals surface area (Å²) >= 11 is 2.16. The van der Waals surface area contributed by atoms with Gasteiger partial charge in [0.1, 0.15) is 16.7 Å². The van der Waals surface area contributed by atoms with Gasteiger partial charge >= 0.3 is 0 Å². The summed E-state index contributed by atoms with van der Waals surface area (Å²) in [6.07, 6.45) is 11.7. The van der Waals surface area contributed by atoms with Crippen LogP contribution >= 0.6 is 22.6 Å². The lowest BCUT2D eigenvalue weighted by molar-refractivity contribution is -0.926. The van der Waals surface area contributed by atoms with Crippen LogP contribution in [0.2, 0.25) is 0 Å². The number of benzene rings is 1. The Morgan fingerprint density at radius 1 is 1.00 bits per heavy atom. The number of unbranched alkanes of at least 4 members (excludes halogenated alkanes) is 5. The Balaban J connectivity index is 0.000000346. The van der Waals surface area contributed by atoms with Crippen molar-refractivity contribution in [2.45, 2.75) is 69.6 Å². The molecule has 2 rings (SSSR count). The molecule has 1 fully saturated rings. The van der Waals surface area contributed by atoms with Crippen LogP contribution in [-0.2, 0) is 10.1 Å². The Kier molecular flexibility index (Phi) is 13.9. The average Bonchev–Trinajstić information content (AvgIpc) is 2.72. The van der Waals surface area contributed by atoms with Gasteiger partial charge in [0.15, 0.2) is 0 Å². The van der Waals surface area contributed by atoms with Crippen LogP contribution in [0.25, 0.3) is 0 Å². The first-order valence-electron chi connectivity index (χ1n) is 10.9. The van der Waals surface area contributed by atoms with E-state index >= 15 is 0 Å². The number of likely N-dealkylation sites (tertiary alicyclic amines) is 1. The Morgan fingerprint density at radius 3 is 2.10 bits per heavy atom. The molecule has 1 aliphatic heterocycles. The first-order valence-corrected chi connectivity index (χ1v) is 13.4. The standard InChI is InChI=1S/C16H29INO.C7H8O3S/c17-11-10-15-18(13-7-5-8-14-18)12-6-3-1-2-4-9-16-19;1-6-2-4-7(5-3-6)11(8,9)10/h19H,1-9,12-16H2;2-5H,1H3,(H,8,9,10)/q+1;/p-1. The quantitative estimate of drug-likeness (QED) is 0.152. The fraction of sp³-hybridized carbons (Fsp3) is 0.652. The van der Waals surface area contributed by atoms with Crippen LogP contribution in [0.15, 0.2) is 29.2 Å². The maximum Gasteiger partial charge on any atom is 0.141 e. The average molecular weight is 550 g/mol. The topological polar surface area (TPSA) is 77.4 Å². The fourth-order valence-electron chi connectivity index (χ4n) is 3.81. The Hall–Kier alpha value is -0.660. The zero-order valence-corrected chi connectivity index (χ0v) is 21.1. The Morgan fingerprint density at radius 2 is 1.57 bits per heavy atom. The van der Waals surface area contributed by atoms with Crippen molar-refractivity contribution in [1.29, 1.82) is 0 Å². The van der Waals surface area contributed by atoms with Gasteiger partial charge in [-0.15, -0.1) is 0 Å². The number of hydrogen-bond donors (Lipinski definition) is 1. The number of aliphatic hydroxyl groups is 1. The van der Waals surface area contributed by atoms with Gasteiger partial charge in [0.05, 0.1) is 24.5 Å².